The summed E-state index contributed by atoms with van der Waals surface area (Å²) in [7, 11) is 1.37. The van der Waals surface area contributed by atoms with E-state index in [0.717, 1.165) is 17.0 Å². The van der Waals surface area contributed by atoms with E-state index in [9.17, 15) is 4.79 Å². The van der Waals surface area contributed by atoms with Crippen LogP contribution in [0.2, 0.25) is 0 Å². The van der Waals surface area contributed by atoms with E-state index in [4.69, 9.17) is 4.74 Å². The Morgan fingerprint density at radius 2 is 2.11 bits per heavy atom. The van der Waals surface area contributed by atoms with E-state index in [0.29, 0.717) is 5.82 Å². The monoisotopic (exact) mass is 259 g/mol. The number of methoxy groups -OCH3 is 1. The van der Waals surface area contributed by atoms with Crippen LogP contribution in [-0.2, 0) is 14.9 Å². The number of carbonyl (C=O) groups is 1. The van der Waals surface area contributed by atoms with E-state index >= 15 is 0 Å². The van der Waals surface area contributed by atoms with Crippen LogP contribution in [0.3, 0.4) is 0 Å². The van der Waals surface area contributed by atoms with Gasteiger partial charge in [-0.3, -0.25) is 4.79 Å². The molecule has 2 aromatic heterocycles. The molecule has 19 heavy (non-hydrogen) atoms. The van der Waals surface area contributed by atoms with Crippen LogP contribution in [0.5, 0.6) is 0 Å². The molecule has 0 spiro atoms. The predicted octanol–water partition coefficient (Wildman–Crippen LogP) is 2.23. The molecule has 0 radical (unpaired) electrons. The number of carbonyl (C=O) groups excluding carboxylic acids is 1. The van der Waals surface area contributed by atoms with Gasteiger partial charge in [-0.05, 0) is 32.9 Å². The van der Waals surface area contributed by atoms with E-state index in [1.807, 2.05) is 31.5 Å². The van der Waals surface area contributed by atoms with Crippen molar-refractivity contribution in [3.63, 3.8) is 0 Å². The number of H-pyrrole nitrogens is 1. The number of ether oxygens (including phenoxy) is 1. The van der Waals surface area contributed by atoms with Crippen LogP contribution in [0.25, 0.3) is 11.3 Å². The minimum atomic E-state index is -0.869. The summed E-state index contributed by atoms with van der Waals surface area (Å²) < 4.78 is 4.81. The normalized spacial score (nSPS) is 11.4. The first kappa shape index (κ1) is 13.3. The van der Waals surface area contributed by atoms with Crippen LogP contribution in [0.1, 0.15) is 25.4 Å². The first-order valence-corrected chi connectivity index (χ1v) is 6.03. The van der Waals surface area contributed by atoms with Crippen LogP contribution < -0.4 is 0 Å². The lowest BCUT2D eigenvalue weighted by atomic mass is 9.92. The maximum Gasteiger partial charge on any atom is 0.318 e. The van der Waals surface area contributed by atoms with Gasteiger partial charge in [-0.2, -0.15) is 0 Å². The van der Waals surface area contributed by atoms with Crippen molar-refractivity contribution in [3.05, 3.63) is 36.0 Å². The van der Waals surface area contributed by atoms with Crippen molar-refractivity contribution in [2.75, 3.05) is 7.11 Å². The largest absolute Gasteiger partial charge is 0.468 e. The molecule has 0 saturated carbocycles. The summed E-state index contributed by atoms with van der Waals surface area (Å²) in [6, 6.07) is 3.82. The van der Waals surface area contributed by atoms with Crippen molar-refractivity contribution >= 4 is 5.97 Å². The van der Waals surface area contributed by atoms with Gasteiger partial charge in [0, 0.05) is 23.7 Å². The molecule has 0 unspecified atom stereocenters. The number of nitrogens with zero attached hydrogens (tertiary/aromatic N) is 2. The van der Waals surface area contributed by atoms with Gasteiger partial charge in [-0.25, -0.2) is 9.97 Å². The zero-order valence-corrected chi connectivity index (χ0v) is 11.5. The Bertz CT molecular complexity index is 589. The van der Waals surface area contributed by atoms with E-state index in [2.05, 4.69) is 15.0 Å². The standard InChI is InChI=1S/C14H17N3O2/c1-9-7-11(10-5-6-15-8-10)17-12(16-9)14(2,3)13(18)19-4/h5-8,15H,1-4H3. The van der Waals surface area contributed by atoms with Crippen LogP contribution in [0, 0.1) is 6.92 Å². The summed E-state index contributed by atoms with van der Waals surface area (Å²) in [5.41, 5.74) is 1.71. The summed E-state index contributed by atoms with van der Waals surface area (Å²) in [5.74, 6) is 0.119. The van der Waals surface area contributed by atoms with Gasteiger partial charge >= 0.3 is 5.97 Å². The number of aryl methyl sites for hydroxylation is 1. The highest BCUT2D eigenvalue weighted by atomic mass is 16.5. The quantitative estimate of drug-likeness (QED) is 0.858. The number of hydrogen-bond donors (Lipinski definition) is 1. The number of rotatable bonds is 3. The second kappa shape index (κ2) is 4.84. The summed E-state index contributed by atoms with van der Waals surface area (Å²) in [6.07, 6.45) is 3.69. The molecule has 0 aromatic carbocycles. The summed E-state index contributed by atoms with van der Waals surface area (Å²) in [4.78, 5) is 23.7. The smallest absolute Gasteiger partial charge is 0.318 e. The first-order valence-electron chi connectivity index (χ1n) is 6.03. The minimum absolute atomic E-state index is 0.349. The topological polar surface area (TPSA) is 67.9 Å². The number of esters is 1. The lowest BCUT2D eigenvalue weighted by Crippen LogP contribution is -2.32. The van der Waals surface area contributed by atoms with E-state index in [1.54, 1.807) is 13.8 Å². The fourth-order valence-corrected chi connectivity index (χ4v) is 1.83. The Morgan fingerprint density at radius 1 is 1.37 bits per heavy atom. The summed E-state index contributed by atoms with van der Waals surface area (Å²) in [6.45, 7) is 5.40. The lowest BCUT2D eigenvalue weighted by Gasteiger charge is -2.20. The molecule has 2 heterocycles. The third-order valence-corrected chi connectivity index (χ3v) is 3.00. The van der Waals surface area contributed by atoms with Gasteiger partial charge in [0.1, 0.15) is 11.2 Å². The fraction of sp³-hybridized carbons (Fsp3) is 0.357. The maximum absolute atomic E-state index is 11.8. The molecule has 2 rings (SSSR count). The average molecular weight is 259 g/mol. The third kappa shape index (κ3) is 2.50. The van der Waals surface area contributed by atoms with Gasteiger partial charge in [-0.1, -0.05) is 0 Å². The molecule has 5 heteroatoms. The first-order chi connectivity index (χ1) is 8.95. The molecule has 0 saturated heterocycles. The van der Waals surface area contributed by atoms with Gasteiger partial charge in [-0.15, -0.1) is 0 Å². The predicted molar refractivity (Wildman–Crippen MR) is 71.6 cm³/mol. The average Bonchev–Trinajstić information content (AvgIpc) is 2.90. The molecule has 2 aromatic rings. The molecule has 0 aliphatic carbocycles. The third-order valence-electron chi connectivity index (χ3n) is 3.00. The zero-order valence-electron chi connectivity index (χ0n) is 11.5. The number of hydrogen-bond acceptors (Lipinski definition) is 4. The van der Waals surface area contributed by atoms with Crippen molar-refractivity contribution in [1.29, 1.82) is 0 Å². The Hall–Kier alpha value is -2.17. The van der Waals surface area contributed by atoms with Crippen LogP contribution in [0.15, 0.2) is 24.5 Å². The van der Waals surface area contributed by atoms with E-state index in [1.165, 1.54) is 7.11 Å². The van der Waals surface area contributed by atoms with E-state index < -0.39 is 5.41 Å². The molecule has 1 N–H and O–H groups in total. The highest BCUT2D eigenvalue weighted by molar-refractivity contribution is 5.81. The van der Waals surface area contributed by atoms with Crippen molar-refractivity contribution in [3.8, 4) is 11.3 Å². The Morgan fingerprint density at radius 3 is 2.68 bits per heavy atom. The van der Waals surface area contributed by atoms with Crippen molar-refractivity contribution in [2.24, 2.45) is 0 Å². The molecular weight excluding hydrogens is 242 g/mol. The van der Waals surface area contributed by atoms with Crippen LogP contribution >= 0.6 is 0 Å². The van der Waals surface area contributed by atoms with E-state index in [-0.39, 0.29) is 5.97 Å². The maximum atomic E-state index is 11.8. The Balaban J connectivity index is 2.51. The van der Waals surface area contributed by atoms with Crippen molar-refractivity contribution < 1.29 is 9.53 Å². The highest BCUT2D eigenvalue weighted by Gasteiger charge is 2.34. The van der Waals surface area contributed by atoms with Crippen LogP contribution in [-0.4, -0.2) is 28.0 Å². The number of aromatic amines is 1. The molecule has 0 bridgehead atoms. The number of nitrogens with one attached hydrogen (secondary N) is 1. The molecule has 0 atom stereocenters. The zero-order chi connectivity index (χ0) is 14.0. The summed E-state index contributed by atoms with van der Waals surface area (Å²) >= 11 is 0. The molecule has 0 aliphatic rings. The van der Waals surface area contributed by atoms with Gasteiger partial charge in [0.25, 0.3) is 0 Å². The fourth-order valence-electron chi connectivity index (χ4n) is 1.83. The number of aromatic nitrogens is 3. The molecule has 5 nitrogen and oxygen atoms in total. The molecule has 0 amide bonds. The summed E-state index contributed by atoms with van der Waals surface area (Å²) in [5, 5.41) is 0. The van der Waals surface area contributed by atoms with Gasteiger partial charge in [0.15, 0.2) is 0 Å². The van der Waals surface area contributed by atoms with Gasteiger partial charge in [0.05, 0.1) is 12.8 Å². The van der Waals surface area contributed by atoms with Crippen LogP contribution in [0.4, 0.5) is 0 Å². The second-order valence-electron chi connectivity index (χ2n) is 4.93. The second-order valence-corrected chi connectivity index (χ2v) is 4.93. The highest BCUT2D eigenvalue weighted by Crippen LogP contribution is 2.25. The minimum Gasteiger partial charge on any atom is -0.468 e. The Labute approximate surface area is 112 Å². The molecule has 0 fully saturated rings. The lowest BCUT2D eigenvalue weighted by molar-refractivity contribution is -0.146. The van der Waals surface area contributed by atoms with Crippen molar-refractivity contribution in [2.45, 2.75) is 26.2 Å². The van der Waals surface area contributed by atoms with Gasteiger partial charge < -0.3 is 9.72 Å². The SMILES string of the molecule is COC(=O)C(C)(C)c1nc(C)cc(-c2cc[nH]c2)n1. The molecule has 100 valence electrons. The molecular formula is C14H17N3O2. The van der Waals surface area contributed by atoms with Gasteiger partial charge in [0.2, 0.25) is 0 Å². The Kier molecular flexibility index (Phi) is 3.38. The molecule has 0 aliphatic heterocycles. The van der Waals surface area contributed by atoms with Crippen molar-refractivity contribution in [1.82, 2.24) is 15.0 Å².